The van der Waals surface area contributed by atoms with E-state index in [4.69, 9.17) is 9.47 Å². The Bertz CT molecular complexity index is 943. The number of ether oxygens (including phenoxy) is 2. The largest absolute Gasteiger partial charge is 0.496 e. The molecule has 9 heteroatoms. The minimum Gasteiger partial charge on any atom is -0.496 e. The molecule has 0 aliphatic rings. The van der Waals surface area contributed by atoms with Crippen molar-refractivity contribution >= 4 is 11.9 Å². The fraction of sp³-hybridized carbons (Fsp3) is 0.364. The fourth-order valence-electron chi connectivity index (χ4n) is 3.11. The molecule has 2 N–H and O–H groups in total. The van der Waals surface area contributed by atoms with Crippen LogP contribution in [0.3, 0.4) is 0 Å². The topological polar surface area (TPSA) is 84.9 Å². The maximum Gasteiger partial charge on any atom is 0.416 e. The van der Waals surface area contributed by atoms with Crippen molar-refractivity contribution in [3.05, 3.63) is 58.7 Å². The third kappa shape index (κ3) is 6.13. The molecule has 2 aromatic carbocycles. The Morgan fingerprint density at radius 3 is 2.29 bits per heavy atom. The zero-order valence-electron chi connectivity index (χ0n) is 17.4. The zero-order chi connectivity index (χ0) is 23.2. The molecule has 2 rings (SSSR count). The van der Waals surface area contributed by atoms with Crippen LogP contribution in [0.1, 0.15) is 40.4 Å². The van der Waals surface area contributed by atoms with Crippen LogP contribution >= 0.6 is 0 Å². The molecule has 0 fully saturated rings. The highest BCUT2D eigenvalue weighted by Crippen LogP contribution is 2.33. The van der Waals surface area contributed by atoms with Gasteiger partial charge in [0.25, 0.3) is 5.91 Å². The molecule has 0 spiro atoms. The van der Waals surface area contributed by atoms with Crippen LogP contribution in [0.4, 0.5) is 13.2 Å². The van der Waals surface area contributed by atoms with Crippen LogP contribution in [0.15, 0.2) is 36.4 Å². The lowest BCUT2D eigenvalue weighted by Crippen LogP contribution is -2.24. The second-order valence-electron chi connectivity index (χ2n) is 6.89. The first kappa shape index (κ1) is 24.0. The number of carbonyl (C=O) groups is 2. The van der Waals surface area contributed by atoms with Gasteiger partial charge >= 0.3 is 12.1 Å². The second kappa shape index (κ2) is 10.2. The highest BCUT2D eigenvalue weighted by atomic mass is 19.4. The van der Waals surface area contributed by atoms with Crippen LogP contribution < -0.4 is 14.8 Å². The molecular formula is C22H24F3NO5. The zero-order valence-corrected chi connectivity index (χ0v) is 17.4. The molecule has 1 atom stereocenters. The lowest BCUT2D eigenvalue weighted by atomic mass is 9.95. The average Bonchev–Trinajstić information content (AvgIpc) is 2.74. The van der Waals surface area contributed by atoms with E-state index < -0.39 is 29.5 Å². The van der Waals surface area contributed by atoms with Gasteiger partial charge in [0.1, 0.15) is 11.5 Å². The average molecular weight is 439 g/mol. The molecule has 0 radical (unpaired) electrons. The van der Waals surface area contributed by atoms with Crippen molar-refractivity contribution in [2.45, 2.75) is 32.5 Å². The number of rotatable bonds is 9. The van der Waals surface area contributed by atoms with Crippen molar-refractivity contribution in [3.63, 3.8) is 0 Å². The third-order valence-electron chi connectivity index (χ3n) is 4.88. The number of aliphatic carboxylic acids is 1. The Kier molecular flexibility index (Phi) is 7.90. The van der Waals surface area contributed by atoms with Crippen molar-refractivity contribution < 1.29 is 37.3 Å². The van der Waals surface area contributed by atoms with Crippen molar-refractivity contribution in [3.8, 4) is 11.5 Å². The predicted molar refractivity (Wildman–Crippen MR) is 107 cm³/mol. The van der Waals surface area contributed by atoms with Crippen LogP contribution in [-0.2, 0) is 23.9 Å². The summed E-state index contributed by atoms with van der Waals surface area (Å²) in [6.07, 6.45) is -3.76. The van der Waals surface area contributed by atoms with Crippen molar-refractivity contribution in [2.75, 3.05) is 14.2 Å². The minimum absolute atomic E-state index is 0.0316. The number of amides is 1. The summed E-state index contributed by atoms with van der Waals surface area (Å²) < 4.78 is 48.9. The van der Waals surface area contributed by atoms with Gasteiger partial charge in [-0.05, 0) is 42.7 Å². The number of carboxylic acids is 1. The number of hydrogen-bond acceptors (Lipinski definition) is 4. The highest BCUT2D eigenvalue weighted by Gasteiger charge is 2.31. The number of carboxylic acid groups (broad SMARTS) is 1. The van der Waals surface area contributed by atoms with Crippen LogP contribution in [0.5, 0.6) is 11.5 Å². The molecule has 0 aromatic heterocycles. The minimum atomic E-state index is -4.55. The number of nitrogens with one attached hydrogen (secondary N) is 1. The first-order valence-electron chi connectivity index (χ1n) is 9.52. The molecular weight excluding hydrogens is 415 g/mol. The monoisotopic (exact) mass is 439 g/mol. The molecule has 31 heavy (non-hydrogen) atoms. The Balaban J connectivity index is 2.21. The molecule has 6 nitrogen and oxygen atoms in total. The van der Waals surface area contributed by atoms with Gasteiger partial charge in [0, 0.05) is 12.1 Å². The van der Waals surface area contributed by atoms with E-state index in [9.17, 15) is 27.9 Å². The Morgan fingerprint density at radius 2 is 1.74 bits per heavy atom. The smallest absolute Gasteiger partial charge is 0.416 e. The summed E-state index contributed by atoms with van der Waals surface area (Å²) in [5.74, 6) is -1.74. The molecule has 1 unspecified atom stereocenters. The quantitative estimate of drug-likeness (QED) is 0.608. The summed E-state index contributed by atoms with van der Waals surface area (Å²) in [7, 11) is 2.65. The van der Waals surface area contributed by atoms with E-state index in [0.717, 1.165) is 23.8 Å². The van der Waals surface area contributed by atoms with Crippen LogP contribution in [0.2, 0.25) is 0 Å². The summed E-state index contributed by atoms with van der Waals surface area (Å²) in [5, 5.41) is 11.9. The van der Waals surface area contributed by atoms with Gasteiger partial charge in [0.15, 0.2) is 0 Å². The Morgan fingerprint density at radius 1 is 1.06 bits per heavy atom. The van der Waals surface area contributed by atoms with Crippen molar-refractivity contribution in [1.82, 2.24) is 5.32 Å². The van der Waals surface area contributed by atoms with Crippen LogP contribution in [-0.4, -0.2) is 31.2 Å². The molecule has 0 aliphatic carbocycles. The molecule has 1 amide bonds. The first-order chi connectivity index (χ1) is 14.6. The first-order valence-corrected chi connectivity index (χ1v) is 9.52. The number of halogens is 3. The fourth-order valence-corrected chi connectivity index (χ4v) is 3.11. The van der Waals surface area contributed by atoms with Gasteiger partial charge in [-0.2, -0.15) is 13.2 Å². The number of hydrogen-bond donors (Lipinski definition) is 2. The van der Waals surface area contributed by atoms with Gasteiger partial charge in [-0.1, -0.05) is 19.1 Å². The molecule has 168 valence electrons. The van der Waals surface area contributed by atoms with Gasteiger partial charge < -0.3 is 19.9 Å². The summed E-state index contributed by atoms with van der Waals surface area (Å²) in [6.45, 7) is 1.82. The van der Waals surface area contributed by atoms with Crippen LogP contribution in [0, 0.1) is 5.92 Å². The van der Waals surface area contributed by atoms with Gasteiger partial charge in [0.2, 0.25) is 0 Å². The maximum atomic E-state index is 12.9. The Labute approximate surface area is 178 Å². The number of carbonyl (C=O) groups excluding carboxylic acids is 1. The lowest BCUT2D eigenvalue weighted by molar-refractivity contribution is -0.141. The van der Waals surface area contributed by atoms with E-state index in [2.05, 4.69) is 5.32 Å². The van der Waals surface area contributed by atoms with E-state index in [1.54, 1.807) is 25.1 Å². The molecule has 0 saturated heterocycles. The number of alkyl halides is 3. The van der Waals surface area contributed by atoms with Gasteiger partial charge in [-0.3, -0.25) is 9.59 Å². The summed E-state index contributed by atoms with van der Waals surface area (Å²) in [4.78, 5) is 23.9. The summed E-state index contributed by atoms with van der Waals surface area (Å²) >= 11 is 0. The standard InChI is InChI=1S/C22H24F3NO5/c1-4-14(21(28)29)9-13-5-8-18(30-2)15(10-13)12-26-20(27)17-7-6-16(22(23,24)25)11-19(17)31-3/h5-8,10-11,14H,4,9,12H2,1-3H3,(H,26,27)(H,28,29). The van der Waals surface area contributed by atoms with E-state index in [1.165, 1.54) is 14.2 Å². The van der Waals surface area contributed by atoms with E-state index in [1.807, 2.05) is 0 Å². The lowest BCUT2D eigenvalue weighted by Gasteiger charge is -2.15. The molecule has 0 aliphatic heterocycles. The summed E-state index contributed by atoms with van der Waals surface area (Å²) in [5.41, 5.74) is 0.424. The normalized spacial score (nSPS) is 12.2. The SMILES string of the molecule is CCC(Cc1ccc(OC)c(CNC(=O)c2ccc(C(F)(F)F)cc2OC)c1)C(=O)O. The number of methoxy groups -OCH3 is 2. The van der Waals surface area contributed by atoms with Crippen molar-refractivity contribution in [1.29, 1.82) is 0 Å². The van der Waals surface area contributed by atoms with Gasteiger partial charge in [0.05, 0.1) is 31.3 Å². The van der Waals surface area contributed by atoms with Crippen LogP contribution in [0.25, 0.3) is 0 Å². The predicted octanol–water partition coefficient (Wildman–Crippen LogP) is 4.31. The maximum absolute atomic E-state index is 12.9. The van der Waals surface area contributed by atoms with E-state index in [0.29, 0.717) is 24.2 Å². The molecule has 0 saturated carbocycles. The highest BCUT2D eigenvalue weighted by molar-refractivity contribution is 5.97. The molecule has 2 aromatic rings. The number of benzene rings is 2. The van der Waals surface area contributed by atoms with Gasteiger partial charge in [-0.25, -0.2) is 0 Å². The van der Waals surface area contributed by atoms with E-state index in [-0.39, 0.29) is 17.9 Å². The van der Waals surface area contributed by atoms with Crippen molar-refractivity contribution in [2.24, 2.45) is 5.92 Å². The molecule has 0 bridgehead atoms. The summed E-state index contributed by atoms with van der Waals surface area (Å²) in [6, 6.07) is 7.83. The van der Waals surface area contributed by atoms with Gasteiger partial charge in [-0.15, -0.1) is 0 Å². The third-order valence-corrected chi connectivity index (χ3v) is 4.88. The Hall–Kier alpha value is -3.23. The van der Waals surface area contributed by atoms with E-state index >= 15 is 0 Å². The molecule has 0 heterocycles. The second-order valence-corrected chi connectivity index (χ2v) is 6.89.